The van der Waals surface area contributed by atoms with Gasteiger partial charge in [0.1, 0.15) is 5.60 Å². The number of likely N-dealkylation sites (N-methyl/N-ethyl adjacent to an activating group) is 1. The molecule has 1 atom stereocenters. The van der Waals surface area contributed by atoms with Crippen LogP contribution in [-0.4, -0.2) is 65.9 Å². The maximum atomic E-state index is 12.9. The summed E-state index contributed by atoms with van der Waals surface area (Å²) in [6.07, 6.45) is 3.76. The molecule has 0 N–H and O–H groups in total. The van der Waals surface area contributed by atoms with E-state index in [0.717, 1.165) is 54.4 Å². The van der Waals surface area contributed by atoms with Gasteiger partial charge in [-0.05, 0) is 52.3 Å². The molecular formula is C24H33N3O3S. The van der Waals surface area contributed by atoms with Crippen molar-refractivity contribution in [3.63, 3.8) is 0 Å². The third-order valence-electron chi connectivity index (χ3n) is 5.76. The van der Waals surface area contributed by atoms with Crippen LogP contribution in [0.25, 0.3) is 15.9 Å². The number of benzene rings is 1. The van der Waals surface area contributed by atoms with Gasteiger partial charge < -0.3 is 9.47 Å². The van der Waals surface area contributed by atoms with Gasteiger partial charge in [0.25, 0.3) is 0 Å². The van der Waals surface area contributed by atoms with Crippen LogP contribution in [0.5, 0.6) is 0 Å². The van der Waals surface area contributed by atoms with Crippen LogP contribution in [0, 0.1) is 5.92 Å². The zero-order chi connectivity index (χ0) is 22.2. The summed E-state index contributed by atoms with van der Waals surface area (Å²) in [5, 5.41) is 1.15. The standard InChI is InChI=1S/C24H33N3O3S/c1-16-6-8-20(27(13-16)23(28)30-24(2,3)4)17-7-9-21-19(12-17)25-22(31-21)10-11-26(5)18-14-29-15-18/h7-9,12,16,18H,6,10-11,13-15H2,1-5H3/t16-/m0/s1. The van der Waals surface area contributed by atoms with Crippen molar-refractivity contribution in [3.05, 3.63) is 34.8 Å². The van der Waals surface area contributed by atoms with Gasteiger partial charge in [-0.1, -0.05) is 19.1 Å². The van der Waals surface area contributed by atoms with Crippen molar-refractivity contribution < 1.29 is 14.3 Å². The first-order valence-corrected chi connectivity index (χ1v) is 11.9. The Morgan fingerprint density at radius 3 is 2.81 bits per heavy atom. The Morgan fingerprint density at radius 2 is 2.13 bits per heavy atom. The fourth-order valence-electron chi connectivity index (χ4n) is 3.84. The molecule has 0 bridgehead atoms. The van der Waals surface area contributed by atoms with Crippen LogP contribution < -0.4 is 0 Å². The van der Waals surface area contributed by atoms with Crippen molar-refractivity contribution in [2.75, 3.05) is 33.4 Å². The lowest BCUT2D eigenvalue weighted by Gasteiger charge is -2.34. The number of rotatable bonds is 5. The predicted molar refractivity (Wildman–Crippen MR) is 125 cm³/mol. The highest BCUT2D eigenvalue weighted by Gasteiger charge is 2.29. The van der Waals surface area contributed by atoms with Gasteiger partial charge in [-0.25, -0.2) is 9.78 Å². The zero-order valence-electron chi connectivity index (χ0n) is 19.2. The Bertz CT molecular complexity index is 974. The van der Waals surface area contributed by atoms with Gasteiger partial charge in [0, 0.05) is 25.1 Å². The van der Waals surface area contributed by atoms with E-state index in [0.29, 0.717) is 18.5 Å². The molecule has 1 aromatic carbocycles. The summed E-state index contributed by atoms with van der Waals surface area (Å²) < 4.78 is 12.1. The van der Waals surface area contributed by atoms with Gasteiger partial charge in [-0.15, -0.1) is 11.3 Å². The number of hydrogen-bond acceptors (Lipinski definition) is 6. The Labute approximate surface area is 188 Å². The normalized spacial score (nSPS) is 20.1. The number of hydrogen-bond donors (Lipinski definition) is 0. The zero-order valence-corrected chi connectivity index (χ0v) is 20.0. The molecule has 0 unspecified atom stereocenters. The van der Waals surface area contributed by atoms with Gasteiger partial charge in [0.2, 0.25) is 0 Å². The lowest BCUT2D eigenvalue weighted by atomic mass is 9.98. The summed E-state index contributed by atoms with van der Waals surface area (Å²) in [7, 11) is 2.15. The highest BCUT2D eigenvalue weighted by molar-refractivity contribution is 7.18. The second-order valence-corrected chi connectivity index (χ2v) is 10.8. The van der Waals surface area contributed by atoms with E-state index < -0.39 is 5.60 Å². The number of carbonyl (C=O) groups is 1. The molecule has 168 valence electrons. The van der Waals surface area contributed by atoms with Crippen LogP contribution in [0.1, 0.15) is 44.7 Å². The molecule has 1 aromatic heterocycles. The molecular weight excluding hydrogens is 410 g/mol. The molecule has 2 aliphatic rings. The maximum absolute atomic E-state index is 12.9. The van der Waals surface area contributed by atoms with E-state index in [1.807, 2.05) is 20.8 Å². The third kappa shape index (κ3) is 5.27. The van der Waals surface area contributed by atoms with Crippen molar-refractivity contribution in [3.8, 4) is 0 Å². The third-order valence-corrected chi connectivity index (χ3v) is 6.86. The topological polar surface area (TPSA) is 54.9 Å². The molecule has 2 aliphatic heterocycles. The number of amides is 1. The van der Waals surface area contributed by atoms with E-state index in [4.69, 9.17) is 14.5 Å². The molecule has 0 radical (unpaired) electrons. The first-order chi connectivity index (χ1) is 14.7. The summed E-state index contributed by atoms with van der Waals surface area (Å²) in [5.41, 5.74) is 2.42. The molecule has 6 nitrogen and oxygen atoms in total. The minimum Gasteiger partial charge on any atom is -0.443 e. The first-order valence-electron chi connectivity index (χ1n) is 11.1. The number of nitrogens with zero attached hydrogens (tertiary/aromatic N) is 3. The molecule has 4 rings (SSSR count). The number of aromatic nitrogens is 1. The van der Waals surface area contributed by atoms with E-state index in [-0.39, 0.29) is 6.09 Å². The van der Waals surface area contributed by atoms with E-state index in [1.165, 1.54) is 4.70 Å². The number of carbonyl (C=O) groups excluding carboxylic acids is 1. The molecule has 0 saturated carbocycles. The smallest absolute Gasteiger partial charge is 0.414 e. The maximum Gasteiger partial charge on any atom is 0.414 e. The monoisotopic (exact) mass is 443 g/mol. The summed E-state index contributed by atoms with van der Waals surface area (Å²) in [4.78, 5) is 21.9. The first kappa shape index (κ1) is 22.2. The van der Waals surface area contributed by atoms with Crippen molar-refractivity contribution in [1.82, 2.24) is 14.8 Å². The van der Waals surface area contributed by atoms with Gasteiger partial charge in [0.05, 0.1) is 40.2 Å². The van der Waals surface area contributed by atoms with Gasteiger partial charge >= 0.3 is 6.09 Å². The summed E-state index contributed by atoms with van der Waals surface area (Å²) >= 11 is 1.75. The second-order valence-electron chi connectivity index (χ2n) is 9.73. The van der Waals surface area contributed by atoms with Gasteiger partial charge in [-0.3, -0.25) is 9.80 Å². The average molecular weight is 444 g/mol. The number of thiazole rings is 1. The summed E-state index contributed by atoms with van der Waals surface area (Å²) in [6, 6.07) is 6.88. The lowest BCUT2D eigenvalue weighted by molar-refractivity contribution is -0.0555. The summed E-state index contributed by atoms with van der Waals surface area (Å²) in [6.45, 7) is 11.2. The highest BCUT2D eigenvalue weighted by Crippen LogP contribution is 2.32. The molecule has 0 spiro atoms. The number of allylic oxidation sites excluding steroid dienone is 1. The average Bonchev–Trinajstić information content (AvgIpc) is 3.05. The molecule has 7 heteroatoms. The molecule has 1 amide bonds. The van der Waals surface area contributed by atoms with Crippen molar-refractivity contribution in [2.24, 2.45) is 5.92 Å². The molecule has 1 fully saturated rings. The van der Waals surface area contributed by atoms with Gasteiger partial charge in [-0.2, -0.15) is 0 Å². The largest absolute Gasteiger partial charge is 0.443 e. The predicted octanol–water partition coefficient (Wildman–Crippen LogP) is 4.79. The Balaban J connectivity index is 1.52. The molecule has 31 heavy (non-hydrogen) atoms. The lowest BCUT2D eigenvalue weighted by Crippen LogP contribution is -2.47. The second kappa shape index (κ2) is 8.88. The Kier molecular flexibility index (Phi) is 6.37. The van der Waals surface area contributed by atoms with Crippen LogP contribution >= 0.6 is 11.3 Å². The van der Waals surface area contributed by atoms with Gasteiger partial charge in [0.15, 0.2) is 0 Å². The van der Waals surface area contributed by atoms with E-state index in [9.17, 15) is 4.79 Å². The van der Waals surface area contributed by atoms with E-state index >= 15 is 0 Å². The highest BCUT2D eigenvalue weighted by atomic mass is 32.1. The Morgan fingerprint density at radius 1 is 1.35 bits per heavy atom. The van der Waals surface area contributed by atoms with Crippen molar-refractivity contribution in [1.29, 1.82) is 0 Å². The minimum absolute atomic E-state index is 0.285. The van der Waals surface area contributed by atoms with Crippen LogP contribution in [0.2, 0.25) is 0 Å². The van der Waals surface area contributed by atoms with Crippen molar-refractivity contribution >= 4 is 33.3 Å². The molecule has 3 heterocycles. The van der Waals surface area contributed by atoms with Crippen LogP contribution in [0.15, 0.2) is 24.3 Å². The molecule has 1 saturated heterocycles. The van der Waals surface area contributed by atoms with Crippen LogP contribution in [0.3, 0.4) is 0 Å². The quantitative estimate of drug-likeness (QED) is 0.665. The fraction of sp³-hybridized carbons (Fsp3) is 0.583. The van der Waals surface area contributed by atoms with E-state index in [2.05, 4.69) is 43.1 Å². The number of fused-ring (bicyclic) bond motifs is 1. The van der Waals surface area contributed by atoms with Crippen molar-refractivity contribution in [2.45, 2.75) is 52.2 Å². The fourth-order valence-corrected chi connectivity index (χ4v) is 4.78. The van der Waals surface area contributed by atoms with Crippen LogP contribution in [-0.2, 0) is 15.9 Å². The molecule has 2 aromatic rings. The molecule has 0 aliphatic carbocycles. The van der Waals surface area contributed by atoms with Crippen LogP contribution in [0.4, 0.5) is 4.79 Å². The van der Waals surface area contributed by atoms with E-state index in [1.54, 1.807) is 16.2 Å². The minimum atomic E-state index is -0.518. The number of ether oxygens (including phenoxy) is 2. The summed E-state index contributed by atoms with van der Waals surface area (Å²) in [5.74, 6) is 0.406. The SMILES string of the molecule is C[C@H]1CC=C(c2ccc3sc(CCN(C)C4COC4)nc3c2)N(C(=O)OC(C)(C)C)C1. The Hall–Kier alpha value is -1.96.